The van der Waals surface area contributed by atoms with Crippen molar-refractivity contribution in [2.45, 2.75) is 57.5 Å². The zero-order valence-corrected chi connectivity index (χ0v) is 15.4. The monoisotopic (exact) mass is 364 g/mol. The van der Waals surface area contributed by atoms with E-state index in [1.54, 1.807) is 4.90 Å². The molecule has 2 saturated heterocycles. The number of primary amides is 1. The van der Waals surface area contributed by atoms with Gasteiger partial charge in [0.15, 0.2) is 5.82 Å². The second kappa shape index (κ2) is 8.03. The van der Waals surface area contributed by atoms with Crippen LogP contribution in [-0.2, 0) is 17.8 Å². The summed E-state index contributed by atoms with van der Waals surface area (Å²) in [5, 5.41) is 6.61. The van der Waals surface area contributed by atoms with Gasteiger partial charge in [-0.05, 0) is 38.8 Å². The van der Waals surface area contributed by atoms with Gasteiger partial charge in [0.25, 0.3) is 0 Å². The number of carbonyl (C=O) groups excluding carboxylic acids is 2. The number of likely N-dealkylation sites (tertiary alicyclic amines) is 2. The van der Waals surface area contributed by atoms with Crippen LogP contribution in [0.3, 0.4) is 0 Å². The van der Waals surface area contributed by atoms with Crippen molar-refractivity contribution >= 4 is 11.9 Å². The van der Waals surface area contributed by atoms with Crippen LogP contribution in [0.15, 0.2) is 4.52 Å². The molecule has 2 aliphatic rings. The molecule has 9 nitrogen and oxygen atoms in total. The van der Waals surface area contributed by atoms with Crippen molar-refractivity contribution in [1.82, 2.24) is 25.3 Å². The van der Waals surface area contributed by atoms with Crippen molar-refractivity contribution in [3.8, 4) is 0 Å². The molecule has 0 aliphatic carbocycles. The van der Waals surface area contributed by atoms with Gasteiger partial charge in [-0.15, -0.1) is 0 Å². The summed E-state index contributed by atoms with van der Waals surface area (Å²) in [6.45, 7) is 4.98. The number of piperidine rings is 2. The van der Waals surface area contributed by atoms with E-state index in [4.69, 9.17) is 10.3 Å². The molecule has 0 radical (unpaired) electrons. The number of nitrogens with zero attached hydrogens (tertiary/aromatic N) is 4. The quantitative estimate of drug-likeness (QED) is 0.792. The fourth-order valence-corrected chi connectivity index (χ4v) is 3.89. The summed E-state index contributed by atoms with van der Waals surface area (Å²) in [6, 6.07) is -0.182. The number of aromatic nitrogens is 2. The predicted octanol–water partition coefficient (Wildman–Crippen LogP) is 0.647. The van der Waals surface area contributed by atoms with Crippen LogP contribution in [0.4, 0.5) is 4.79 Å². The number of urea groups is 1. The van der Waals surface area contributed by atoms with Crippen LogP contribution < -0.4 is 11.1 Å². The highest BCUT2D eigenvalue weighted by molar-refractivity contribution is 5.85. The highest BCUT2D eigenvalue weighted by Gasteiger charge is 2.45. The predicted molar refractivity (Wildman–Crippen MR) is 94.1 cm³/mol. The van der Waals surface area contributed by atoms with Gasteiger partial charge in [-0.1, -0.05) is 18.5 Å². The highest BCUT2D eigenvalue weighted by atomic mass is 16.5. The summed E-state index contributed by atoms with van der Waals surface area (Å²) in [5.74, 6) is 0.754. The zero-order chi connectivity index (χ0) is 18.6. The average Bonchev–Trinajstić information content (AvgIpc) is 3.15. The van der Waals surface area contributed by atoms with Gasteiger partial charge >= 0.3 is 6.03 Å². The summed E-state index contributed by atoms with van der Waals surface area (Å²) in [4.78, 5) is 32.8. The molecule has 0 spiro atoms. The molecule has 2 aliphatic heterocycles. The lowest BCUT2D eigenvalue weighted by atomic mass is 9.83. The van der Waals surface area contributed by atoms with Gasteiger partial charge in [0.2, 0.25) is 11.8 Å². The molecule has 0 saturated carbocycles. The molecule has 3 heterocycles. The molecule has 1 aromatic rings. The van der Waals surface area contributed by atoms with Crippen molar-refractivity contribution in [2.24, 2.45) is 5.73 Å². The van der Waals surface area contributed by atoms with Crippen molar-refractivity contribution in [2.75, 3.05) is 26.2 Å². The first-order valence-electron chi connectivity index (χ1n) is 9.44. The minimum Gasteiger partial charge on any atom is -0.368 e. The molecule has 2 fully saturated rings. The maximum Gasteiger partial charge on any atom is 0.317 e. The topological polar surface area (TPSA) is 118 Å². The SMILES string of the molecule is CCc1noc(CNC(=O)N2CCC(C(N)=O)(N3CCCCC3)CC2)n1. The van der Waals surface area contributed by atoms with Crippen LogP contribution in [0.5, 0.6) is 0 Å². The van der Waals surface area contributed by atoms with Gasteiger partial charge < -0.3 is 20.5 Å². The van der Waals surface area contributed by atoms with Crippen LogP contribution in [0.1, 0.15) is 50.7 Å². The average molecular weight is 364 g/mol. The minimum absolute atomic E-state index is 0.182. The molecule has 26 heavy (non-hydrogen) atoms. The van der Waals surface area contributed by atoms with Crippen LogP contribution in [0.2, 0.25) is 0 Å². The lowest BCUT2D eigenvalue weighted by Crippen LogP contribution is -2.64. The fraction of sp³-hybridized carbons (Fsp3) is 0.765. The van der Waals surface area contributed by atoms with E-state index in [0.29, 0.717) is 44.1 Å². The van der Waals surface area contributed by atoms with Crippen LogP contribution >= 0.6 is 0 Å². The second-order valence-electron chi connectivity index (χ2n) is 7.05. The van der Waals surface area contributed by atoms with E-state index < -0.39 is 5.54 Å². The Morgan fingerprint density at radius 3 is 2.46 bits per heavy atom. The van der Waals surface area contributed by atoms with E-state index in [1.165, 1.54) is 6.42 Å². The van der Waals surface area contributed by atoms with Crippen LogP contribution in [0.25, 0.3) is 0 Å². The Morgan fingerprint density at radius 1 is 1.19 bits per heavy atom. The Balaban J connectivity index is 1.54. The van der Waals surface area contributed by atoms with Gasteiger partial charge in [-0.25, -0.2) is 4.79 Å². The van der Waals surface area contributed by atoms with Crippen molar-refractivity contribution in [3.63, 3.8) is 0 Å². The summed E-state index contributed by atoms with van der Waals surface area (Å²) in [7, 11) is 0. The maximum atomic E-state index is 12.4. The Labute approximate surface area is 153 Å². The molecule has 0 aromatic carbocycles. The number of aryl methyl sites for hydroxylation is 1. The minimum atomic E-state index is -0.611. The van der Waals surface area contributed by atoms with Gasteiger partial charge in [0, 0.05) is 19.5 Å². The second-order valence-corrected chi connectivity index (χ2v) is 7.05. The molecule has 144 valence electrons. The molecule has 3 rings (SSSR count). The number of rotatable bonds is 5. The van der Waals surface area contributed by atoms with Gasteiger partial charge in [0.05, 0.1) is 6.54 Å². The molecule has 1 aromatic heterocycles. The van der Waals surface area contributed by atoms with Crippen molar-refractivity contribution < 1.29 is 14.1 Å². The van der Waals surface area contributed by atoms with Gasteiger partial charge in [-0.2, -0.15) is 4.98 Å². The molecular formula is C17H28N6O3. The number of hydrogen-bond donors (Lipinski definition) is 2. The summed E-state index contributed by atoms with van der Waals surface area (Å²) < 4.78 is 5.07. The third-order valence-corrected chi connectivity index (χ3v) is 5.52. The zero-order valence-electron chi connectivity index (χ0n) is 15.4. The Morgan fingerprint density at radius 2 is 1.88 bits per heavy atom. The molecular weight excluding hydrogens is 336 g/mol. The third kappa shape index (κ3) is 3.82. The van der Waals surface area contributed by atoms with Crippen LogP contribution in [-0.4, -0.2) is 63.6 Å². The summed E-state index contributed by atoms with van der Waals surface area (Å²) in [6.07, 6.45) is 5.25. The third-order valence-electron chi connectivity index (χ3n) is 5.52. The molecule has 9 heteroatoms. The molecule has 0 unspecified atom stereocenters. The first-order valence-corrected chi connectivity index (χ1v) is 9.44. The first kappa shape index (κ1) is 18.6. The maximum absolute atomic E-state index is 12.4. The lowest BCUT2D eigenvalue weighted by Gasteiger charge is -2.48. The fourth-order valence-electron chi connectivity index (χ4n) is 3.89. The Bertz CT molecular complexity index is 632. The Kier molecular flexibility index (Phi) is 5.75. The summed E-state index contributed by atoms with van der Waals surface area (Å²) in [5.41, 5.74) is 5.17. The van der Waals surface area contributed by atoms with Gasteiger partial charge in [-0.3, -0.25) is 9.69 Å². The van der Waals surface area contributed by atoms with Crippen molar-refractivity contribution in [1.29, 1.82) is 0 Å². The van der Waals surface area contributed by atoms with Gasteiger partial charge in [0.1, 0.15) is 5.54 Å². The summed E-state index contributed by atoms with van der Waals surface area (Å²) >= 11 is 0. The molecule has 3 N–H and O–H groups in total. The van der Waals surface area contributed by atoms with E-state index in [9.17, 15) is 9.59 Å². The van der Waals surface area contributed by atoms with E-state index in [-0.39, 0.29) is 18.5 Å². The number of amides is 3. The van der Waals surface area contributed by atoms with E-state index in [0.717, 1.165) is 25.9 Å². The number of hydrogen-bond acceptors (Lipinski definition) is 6. The van der Waals surface area contributed by atoms with Crippen LogP contribution in [0, 0.1) is 0 Å². The molecule has 0 bridgehead atoms. The standard InChI is InChI=1S/C17H28N6O3/c1-2-13-20-14(26-21-13)12-19-16(25)22-10-6-17(7-11-22,15(18)24)23-8-4-3-5-9-23/h2-12H2,1H3,(H2,18,24)(H,19,25). The van der Waals surface area contributed by atoms with E-state index in [1.807, 2.05) is 6.92 Å². The Hall–Kier alpha value is -2.16. The van der Waals surface area contributed by atoms with E-state index in [2.05, 4.69) is 20.4 Å². The smallest absolute Gasteiger partial charge is 0.317 e. The van der Waals surface area contributed by atoms with E-state index >= 15 is 0 Å². The highest BCUT2D eigenvalue weighted by Crippen LogP contribution is 2.31. The normalized spacial score (nSPS) is 20.7. The van der Waals surface area contributed by atoms with Crippen molar-refractivity contribution in [3.05, 3.63) is 11.7 Å². The lowest BCUT2D eigenvalue weighted by molar-refractivity contribution is -0.134. The number of nitrogens with one attached hydrogen (secondary N) is 1. The number of nitrogens with two attached hydrogens (primary N) is 1. The number of carbonyl (C=O) groups is 2. The first-order chi connectivity index (χ1) is 12.5. The molecule has 3 amide bonds. The largest absolute Gasteiger partial charge is 0.368 e. The molecule has 0 atom stereocenters.